The molecule has 1 aromatic rings. The van der Waals surface area contributed by atoms with Crippen LogP contribution in [0.5, 0.6) is 0 Å². The van der Waals surface area contributed by atoms with Crippen LogP contribution in [0.1, 0.15) is 54.2 Å². The third kappa shape index (κ3) is 1.54. The molecular weight excluding hydrogens is 254 g/mol. The Bertz CT molecular complexity index is 585. The molecule has 104 valence electrons. The van der Waals surface area contributed by atoms with Crippen LogP contribution in [0, 0.1) is 35.0 Å². The summed E-state index contributed by atoms with van der Waals surface area (Å²) in [6, 6.07) is 2.15. The number of nitriles is 1. The first-order chi connectivity index (χ1) is 9.67. The molecule has 0 spiro atoms. The molecule has 5 rings (SSSR count). The Morgan fingerprint density at radius 2 is 1.85 bits per heavy atom. The van der Waals surface area contributed by atoms with E-state index in [1.54, 1.807) is 4.68 Å². The molecule has 4 bridgehead atoms. The molecule has 4 aliphatic rings. The van der Waals surface area contributed by atoms with Crippen molar-refractivity contribution in [3.63, 3.8) is 0 Å². The van der Waals surface area contributed by atoms with Gasteiger partial charge < -0.3 is 5.11 Å². The molecule has 4 saturated carbocycles. The van der Waals surface area contributed by atoms with Gasteiger partial charge >= 0.3 is 5.97 Å². The van der Waals surface area contributed by atoms with Gasteiger partial charge in [0.2, 0.25) is 0 Å². The van der Waals surface area contributed by atoms with Gasteiger partial charge in [0.25, 0.3) is 0 Å². The van der Waals surface area contributed by atoms with Crippen LogP contribution in [0.4, 0.5) is 0 Å². The largest absolute Gasteiger partial charge is 0.476 e. The van der Waals surface area contributed by atoms with Crippen LogP contribution in [-0.2, 0) is 0 Å². The van der Waals surface area contributed by atoms with Crippen molar-refractivity contribution in [2.45, 2.75) is 38.1 Å². The van der Waals surface area contributed by atoms with Crippen molar-refractivity contribution < 1.29 is 9.90 Å². The predicted octanol–water partition coefficient (Wildman–Crippen LogP) is 2.45. The molecule has 0 radical (unpaired) electrons. The number of carboxylic acid groups (broad SMARTS) is 1. The molecule has 0 amide bonds. The Morgan fingerprint density at radius 1 is 1.25 bits per heavy atom. The molecule has 4 fully saturated rings. The van der Waals surface area contributed by atoms with Crippen LogP contribution in [0.3, 0.4) is 0 Å². The van der Waals surface area contributed by atoms with Crippen LogP contribution in [-0.4, -0.2) is 20.9 Å². The van der Waals surface area contributed by atoms with Gasteiger partial charge in [-0.05, 0) is 55.8 Å². The van der Waals surface area contributed by atoms with Gasteiger partial charge in [0, 0.05) is 0 Å². The fourth-order valence-electron chi connectivity index (χ4n) is 5.18. The van der Waals surface area contributed by atoms with E-state index in [9.17, 15) is 9.90 Å². The summed E-state index contributed by atoms with van der Waals surface area (Å²) >= 11 is 0. The maximum atomic E-state index is 11.5. The highest BCUT2D eigenvalue weighted by Gasteiger charge is 2.50. The number of carboxylic acids is 1. The Labute approximate surface area is 117 Å². The molecule has 5 nitrogen and oxygen atoms in total. The summed E-state index contributed by atoms with van der Waals surface area (Å²) in [4.78, 5) is 11.5. The molecule has 0 unspecified atom stereocenters. The van der Waals surface area contributed by atoms with Crippen molar-refractivity contribution in [3.05, 3.63) is 17.5 Å². The fraction of sp³-hybridized carbons (Fsp3) is 0.667. The Hall–Kier alpha value is -1.83. The minimum Gasteiger partial charge on any atom is -0.476 e. The first-order valence-corrected chi connectivity index (χ1v) is 7.38. The second-order valence-electron chi connectivity index (χ2n) is 6.69. The van der Waals surface area contributed by atoms with Gasteiger partial charge in [0.1, 0.15) is 11.6 Å². The zero-order chi connectivity index (χ0) is 13.9. The third-order valence-electron chi connectivity index (χ3n) is 5.58. The molecule has 20 heavy (non-hydrogen) atoms. The lowest BCUT2D eigenvalue weighted by Gasteiger charge is -2.54. The van der Waals surface area contributed by atoms with E-state index < -0.39 is 5.97 Å². The molecule has 0 aromatic carbocycles. The average molecular weight is 271 g/mol. The van der Waals surface area contributed by atoms with Crippen molar-refractivity contribution in [2.24, 2.45) is 23.7 Å². The zero-order valence-corrected chi connectivity index (χ0v) is 11.2. The highest BCUT2D eigenvalue weighted by Crippen LogP contribution is 2.58. The average Bonchev–Trinajstić information content (AvgIpc) is 2.81. The third-order valence-corrected chi connectivity index (χ3v) is 5.58. The van der Waals surface area contributed by atoms with Gasteiger partial charge in [0.15, 0.2) is 5.69 Å². The molecular formula is C15H17N3O2. The van der Waals surface area contributed by atoms with Crippen LogP contribution in [0.15, 0.2) is 6.20 Å². The standard InChI is InChI=1S/C15H17N3O2/c16-6-12-7-17-18(14(12)15(19)20)13-10-2-8-1-9(4-10)5-11(13)3-8/h7-11,13H,1-5H2,(H,19,20). The second-order valence-corrected chi connectivity index (χ2v) is 6.69. The molecule has 1 N–H and O–H groups in total. The van der Waals surface area contributed by atoms with E-state index in [0.717, 1.165) is 11.8 Å². The topological polar surface area (TPSA) is 78.9 Å². The quantitative estimate of drug-likeness (QED) is 0.896. The summed E-state index contributed by atoms with van der Waals surface area (Å²) in [5, 5.41) is 22.7. The monoisotopic (exact) mass is 271 g/mol. The maximum absolute atomic E-state index is 11.5. The number of aromatic carboxylic acids is 1. The number of hydrogen-bond donors (Lipinski definition) is 1. The van der Waals surface area contributed by atoms with Crippen molar-refractivity contribution >= 4 is 5.97 Å². The molecule has 1 heterocycles. The SMILES string of the molecule is N#Cc1cnn(C2C3CC4CC(C3)CC2C4)c1C(=O)O. The molecule has 5 heteroatoms. The Morgan fingerprint density at radius 3 is 2.35 bits per heavy atom. The number of carbonyl (C=O) groups is 1. The number of nitrogens with zero attached hydrogens (tertiary/aromatic N) is 3. The van der Waals surface area contributed by atoms with Crippen LogP contribution in [0.2, 0.25) is 0 Å². The first kappa shape index (κ1) is 12.0. The molecule has 1 aromatic heterocycles. The lowest BCUT2D eigenvalue weighted by atomic mass is 9.54. The zero-order valence-electron chi connectivity index (χ0n) is 11.2. The van der Waals surface area contributed by atoms with Crippen molar-refractivity contribution in [3.8, 4) is 6.07 Å². The second kappa shape index (κ2) is 4.08. The highest BCUT2D eigenvalue weighted by molar-refractivity contribution is 5.88. The summed E-state index contributed by atoms with van der Waals surface area (Å²) in [7, 11) is 0. The highest BCUT2D eigenvalue weighted by atomic mass is 16.4. The molecule has 0 atom stereocenters. The normalized spacial score (nSPS) is 37.9. The minimum atomic E-state index is -1.03. The number of hydrogen-bond acceptors (Lipinski definition) is 3. The summed E-state index contributed by atoms with van der Waals surface area (Å²) in [6.45, 7) is 0. The van der Waals surface area contributed by atoms with Crippen LogP contribution in [0.25, 0.3) is 0 Å². The van der Waals surface area contributed by atoms with Crippen molar-refractivity contribution in [1.29, 1.82) is 5.26 Å². The summed E-state index contributed by atoms with van der Waals surface area (Å²) in [5.41, 5.74) is 0.274. The van der Waals surface area contributed by atoms with Gasteiger partial charge in [-0.25, -0.2) is 4.79 Å². The number of aromatic nitrogens is 2. The van der Waals surface area contributed by atoms with Gasteiger partial charge in [-0.3, -0.25) is 4.68 Å². The minimum absolute atomic E-state index is 0.0879. The van der Waals surface area contributed by atoms with Crippen molar-refractivity contribution in [1.82, 2.24) is 9.78 Å². The van der Waals surface area contributed by atoms with Gasteiger partial charge in [-0.15, -0.1) is 0 Å². The first-order valence-electron chi connectivity index (χ1n) is 7.38. The van der Waals surface area contributed by atoms with E-state index in [4.69, 9.17) is 5.26 Å². The maximum Gasteiger partial charge on any atom is 0.355 e. The predicted molar refractivity (Wildman–Crippen MR) is 70.0 cm³/mol. The lowest BCUT2D eigenvalue weighted by Crippen LogP contribution is -2.46. The number of rotatable bonds is 2. The Kier molecular flexibility index (Phi) is 2.44. The van der Waals surface area contributed by atoms with E-state index >= 15 is 0 Å². The van der Waals surface area contributed by atoms with E-state index in [2.05, 4.69) is 5.10 Å². The van der Waals surface area contributed by atoms with Gasteiger partial charge in [-0.1, -0.05) is 0 Å². The summed E-state index contributed by atoms with van der Waals surface area (Å²) in [5.74, 6) is 1.75. The van der Waals surface area contributed by atoms with Gasteiger partial charge in [0.05, 0.1) is 12.2 Å². The van der Waals surface area contributed by atoms with E-state index in [-0.39, 0.29) is 17.3 Å². The molecule has 0 aliphatic heterocycles. The molecule has 4 aliphatic carbocycles. The summed E-state index contributed by atoms with van der Waals surface area (Å²) < 4.78 is 1.66. The smallest absolute Gasteiger partial charge is 0.355 e. The molecule has 0 saturated heterocycles. The van der Waals surface area contributed by atoms with E-state index in [1.165, 1.54) is 38.3 Å². The van der Waals surface area contributed by atoms with E-state index in [0.29, 0.717) is 11.8 Å². The Balaban J connectivity index is 1.77. The van der Waals surface area contributed by atoms with Crippen LogP contribution >= 0.6 is 0 Å². The summed E-state index contributed by atoms with van der Waals surface area (Å²) in [6.07, 6.45) is 7.61. The van der Waals surface area contributed by atoms with E-state index in [1.807, 2.05) is 6.07 Å². The fourth-order valence-corrected chi connectivity index (χ4v) is 5.18. The van der Waals surface area contributed by atoms with Gasteiger partial charge in [-0.2, -0.15) is 10.4 Å². The van der Waals surface area contributed by atoms with Crippen molar-refractivity contribution in [2.75, 3.05) is 0 Å². The lowest BCUT2D eigenvalue weighted by molar-refractivity contribution is -0.0347. The van der Waals surface area contributed by atoms with Crippen LogP contribution < -0.4 is 0 Å².